The second-order valence-corrected chi connectivity index (χ2v) is 6.85. The molecule has 3 rings (SSSR count). The summed E-state index contributed by atoms with van der Waals surface area (Å²) in [5.41, 5.74) is 2.06. The summed E-state index contributed by atoms with van der Waals surface area (Å²) >= 11 is 0. The minimum atomic E-state index is -1.08. The first-order chi connectivity index (χ1) is 13.5. The lowest BCUT2D eigenvalue weighted by Crippen LogP contribution is -2.40. The molecule has 29 heavy (non-hydrogen) atoms. The number of halogens is 3. The summed E-state index contributed by atoms with van der Waals surface area (Å²) in [5.74, 6) is -2.46. The smallest absolute Gasteiger partial charge is 0.222 e. The Morgan fingerprint density at radius 1 is 1.14 bits per heavy atom. The highest BCUT2D eigenvalue weighted by atomic mass is 35.5. The molecule has 1 aliphatic heterocycles. The molecule has 0 radical (unpaired) electrons. The van der Waals surface area contributed by atoms with Gasteiger partial charge in [0.1, 0.15) is 11.6 Å². The standard InChI is InChI=1S/C21H23F2N3O2.ClH/c1-13(27)26-18(21-16(22)7-4-8-17(21)23)11-20(28)25-12-19-15-6-3-2-5-14(15)9-10-24-19;/h2-8,18-19,24H,9-12H2,1H3,(H,25,28)(H,26,27);1H. The van der Waals surface area contributed by atoms with Gasteiger partial charge in [-0.2, -0.15) is 0 Å². The molecule has 2 aromatic rings. The van der Waals surface area contributed by atoms with Crippen molar-refractivity contribution in [3.8, 4) is 0 Å². The number of nitrogens with one attached hydrogen (secondary N) is 3. The molecule has 0 aromatic heterocycles. The molecule has 156 valence electrons. The molecule has 0 saturated heterocycles. The Kier molecular flexibility index (Phi) is 8.10. The maximum atomic E-state index is 14.1. The van der Waals surface area contributed by atoms with E-state index in [9.17, 15) is 18.4 Å². The van der Waals surface area contributed by atoms with Gasteiger partial charge in [-0.3, -0.25) is 9.59 Å². The van der Waals surface area contributed by atoms with Crippen LogP contribution in [0.1, 0.15) is 42.1 Å². The Bertz CT molecular complexity index is 859. The fourth-order valence-corrected chi connectivity index (χ4v) is 3.56. The molecule has 1 aliphatic rings. The van der Waals surface area contributed by atoms with E-state index in [0.29, 0.717) is 6.54 Å². The molecule has 0 aliphatic carbocycles. The highest BCUT2D eigenvalue weighted by molar-refractivity contribution is 5.85. The van der Waals surface area contributed by atoms with Crippen molar-refractivity contribution < 1.29 is 18.4 Å². The van der Waals surface area contributed by atoms with Crippen LogP contribution in [0.25, 0.3) is 0 Å². The van der Waals surface area contributed by atoms with Gasteiger partial charge in [-0.25, -0.2) is 8.78 Å². The van der Waals surface area contributed by atoms with Crippen LogP contribution in [0, 0.1) is 11.6 Å². The van der Waals surface area contributed by atoms with Crippen molar-refractivity contribution in [2.45, 2.75) is 31.8 Å². The van der Waals surface area contributed by atoms with Gasteiger partial charge < -0.3 is 16.0 Å². The number of benzene rings is 2. The van der Waals surface area contributed by atoms with Crippen LogP contribution in [0.4, 0.5) is 8.78 Å². The molecular formula is C21H24ClF2N3O2. The molecular weight excluding hydrogens is 400 g/mol. The van der Waals surface area contributed by atoms with Crippen molar-refractivity contribution in [3.63, 3.8) is 0 Å². The van der Waals surface area contributed by atoms with Gasteiger partial charge in [-0.05, 0) is 36.2 Å². The van der Waals surface area contributed by atoms with Crippen LogP contribution in [0.15, 0.2) is 42.5 Å². The molecule has 8 heteroatoms. The maximum Gasteiger partial charge on any atom is 0.222 e. The lowest BCUT2D eigenvalue weighted by atomic mass is 9.94. The van der Waals surface area contributed by atoms with Gasteiger partial charge in [0.2, 0.25) is 11.8 Å². The van der Waals surface area contributed by atoms with Crippen LogP contribution in [-0.4, -0.2) is 24.9 Å². The van der Waals surface area contributed by atoms with Gasteiger partial charge in [0.25, 0.3) is 0 Å². The third kappa shape index (κ3) is 5.74. The molecule has 0 spiro atoms. The lowest BCUT2D eigenvalue weighted by molar-refractivity contribution is -0.122. The van der Waals surface area contributed by atoms with E-state index in [-0.39, 0.29) is 30.4 Å². The third-order valence-corrected chi connectivity index (χ3v) is 4.83. The summed E-state index contributed by atoms with van der Waals surface area (Å²) in [5, 5.41) is 8.64. The first kappa shape index (κ1) is 22.8. The van der Waals surface area contributed by atoms with E-state index in [4.69, 9.17) is 0 Å². The highest BCUT2D eigenvalue weighted by Crippen LogP contribution is 2.24. The Hall–Kier alpha value is -2.51. The van der Waals surface area contributed by atoms with E-state index in [1.54, 1.807) is 0 Å². The summed E-state index contributed by atoms with van der Waals surface area (Å²) in [7, 11) is 0. The number of carbonyl (C=O) groups excluding carboxylic acids is 2. The van der Waals surface area contributed by atoms with E-state index < -0.39 is 29.5 Å². The first-order valence-corrected chi connectivity index (χ1v) is 9.24. The average Bonchev–Trinajstić information content (AvgIpc) is 2.65. The van der Waals surface area contributed by atoms with Crippen LogP contribution >= 0.6 is 12.4 Å². The fourth-order valence-electron chi connectivity index (χ4n) is 3.56. The number of hydrogen-bond donors (Lipinski definition) is 3. The summed E-state index contributed by atoms with van der Waals surface area (Å²) in [6.45, 7) is 2.40. The molecule has 2 unspecified atom stereocenters. The number of fused-ring (bicyclic) bond motifs is 1. The Labute approximate surface area is 174 Å². The number of rotatable bonds is 6. The SMILES string of the molecule is CC(=O)NC(CC(=O)NCC1NCCc2ccccc21)c1c(F)cccc1F.Cl. The maximum absolute atomic E-state index is 14.1. The predicted molar refractivity (Wildman–Crippen MR) is 109 cm³/mol. The molecule has 0 fully saturated rings. The summed E-state index contributed by atoms with van der Waals surface area (Å²) in [6, 6.07) is 10.4. The van der Waals surface area contributed by atoms with Gasteiger partial charge in [-0.15, -0.1) is 12.4 Å². The Morgan fingerprint density at radius 2 is 1.83 bits per heavy atom. The zero-order valence-electron chi connectivity index (χ0n) is 16.0. The van der Waals surface area contributed by atoms with Gasteiger partial charge >= 0.3 is 0 Å². The van der Waals surface area contributed by atoms with Crippen molar-refractivity contribution in [2.75, 3.05) is 13.1 Å². The summed E-state index contributed by atoms with van der Waals surface area (Å²) < 4.78 is 28.2. The summed E-state index contributed by atoms with van der Waals surface area (Å²) in [6.07, 6.45) is 0.670. The average molecular weight is 424 g/mol. The van der Waals surface area contributed by atoms with Crippen LogP contribution in [0.2, 0.25) is 0 Å². The van der Waals surface area contributed by atoms with Gasteiger partial charge in [0.05, 0.1) is 12.5 Å². The van der Waals surface area contributed by atoms with E-state index in [1.807, 2.05) is 18.2 Å². The minimum Gasteiger partial charge on any atom is -0.354 e. The van der Waals surface area contributed by atoms with Crippen LogP contribution in [0.3, 0.4) is 0 Å². The largest absolute Gasteiger partial charge is 0.354 e. The number of hydrogen-bond acceptors (Lipinski definition) is 3. The van der Waals surface area contributed by atoms with Crippen LogP contribution in [0.5, 0.6) is 0 Å². The molecule has 3 N–H and O–H groups in total. The van der Waals surface area contributed by atoms with E-state index in [2.05, 4.69) is 22.0 Å². The molecule has 2 aromatic carbocycles. The molecule has 2 atom stereocenters. The van der Waals surface area contributed by atoms with Crippen molar-refractivity contribution in [1.29, 1.82) is 0 Å². The quantitative estimate of drug-likeness (QED) is 0.669. The normalized spacial score (nSPS) is 16.2. The minimum absolute atomic E-state index is 0. The Balaban J connectivity index is 0.00000300. The van der Waals surface area contributed by atoms with Crippen molar-refractivity contribution in [1.82, 2.24) is 16.0 Å². The number of carbonyl (C=O) groups is 2. The molecule has 5 nitrogen and oxygen atoms in total. The first-order valence-electron chi connectivity index (χ1n) is 9.24. The highest BCUT2D eigenvalue weighted by Gasteiger charge is 2.25. The molecule has 1 heterocycles. The van der Waals surface area contributed by atoms with Gasteiger partial charge in [-0.1, -0.05) is 30.3 Å². The third-order valence-electron chi connectivity index (χ3n) is 4.83. The van der Waals surface area contributed by atoms with E-state index >= 15 is 0 Å². The van der Waals surface area contributed by atoms with Crippen molar-refractivity contribution in [3.05, 3.63) is 70.8 Å². The lowest BCUT2D eigenvalue weighted by Gasteiger charge is -2.27. The van der Waals surface area contributed by atoms with Crippen LogP contribution < -0.4 is 16.0 Å². The predicted octanol–water partition coefficient (Wildman–Crippen LogP) is 2.96. The molecule has 0 saturated carbocycles. The fraction of sp³-hybridized carbons (Fsp3) is 0.333. The summed E-state index contributed by atoms with van der Waals surface area (Å²) in [4.78, 5) is 23.9. The molecule has 2 amide bonds. The number of amides is 2. The zero-order chi connectivity index (χ0) is 20.1. The molecule has 0 bridgehead atoms. The second kappa shape index (κ2) is 10.3. The Morgan fingerprint density at radius 3 is 2.52 bits per heavy atom. The zero-order valence-corrected chi connectivity index (χ0v) is 16.8. The van der Waals surface area contributed by atoms with Gasteiger partial charge in [0, 0.05) is 25.1 Å². The van der Waals surface area contributed by atoms with Crippen LogP contribution in [-0.2, 0) is 16.0 Å². The van der Waals surface area contributed by atoms with Gasteiger partial charge in [0.15, 0.2) is 0 Å². The topological polar surface area (TPSA) is 70.2 Å². The van der Waals surface area contributed by atoms with E-state index in [0.717, 1.165) is 30.7 Å². The van der Waals surface area contributed by atoms with E-state index in [1.165, 1.54) is 18.6 Å². The van der Waals surface area contributed by atoms with Crippen molar-refractivity contribution >= 4 is 24.2 Å². The monoisotopic (exact) mass is 423 g/mol. The second-order valence-electron chi connectivity index (χ2n) is 6.85. The van der Waals surface area contributed by atoms with Crippen molar-refractivity contribution in [2.24, 2.45) is 0 Å².